The van der Waals surface area contributed by atoms with E-state index in [1.807, 2.05) is 6.07 Å². The minimum Gasteiger partial charge on any atom is -0.483 e. The molecule has 29 heavy (non-hydrogen) atoms. The van der Waals surface area contributed by atoms with E-state index in [9.17, 15) is 5.11 Å². The van der Waals surface area contributed by atoms with E-state index in [0.29, 0.717) is 12.0 Å². The fourth-order valence-electron chi connectivity index (χ4n) is 6.67. The lowest BCUT2D eigenvalue weighted by Crippen LogP contribution is -2.69. The first kappa shape index (κ1) is 18.8. The maximum Gasteiger partial charge on any atom is 0.226 e. The molecule has 2 unspecified atom stereocenters. The van der Waals surface area contributed by atoms with Crippen molar-refractivity contribution in [3.05, 3.63) is 39.4 Å². The molecule has 1 N–H and O–H groups in total. The Morgan fingerprint density at radius 2 is 2.10 bits per heavy atom. The van der Waals surface area contributed by atoms with Crippen molar-refractivity contribution in [2.24, 2.45) is 11.8 Å². The number of rotatable bonds is 5. The summed E-state index contributed by atoms with van der Waals surface area (Å²) in [4.78, 5) is 2.73. The number of hydrogen-bond acceptors (Lipinski definition) is 5. The SMILES string of the molecule is COC1(OC)C=CC2C3Cc4c(Br)cc(CO)c5c4[C@]2(CCN3CC2CC2)[C@@H]1O5. The second-order valence-corrected chi connectivity index (χ2v) is 10.2. The van der Waals surface area contributed by atoms with Crippen LogP contribution in [0.1, 0.15) is 36.0 Å². The third kappa shape index (κ3) is 2.30. The lowest BCUT2D eigenvalue weighted by Gasteiger charge is -2.59. The average Bonchev–Trinajstić information content (AvgIpc) is 3.49. The molecule has 1 aromatic rings. The standard InChI is InChI=1S/C23H28BrNO4/c1-27-23(28-2)6-5-16-18-10-15-17(24)9-14(12-26)20-19(15)22(16,21(23)29-20)7-8-25(18)11-13-3-4-13/h5-6,9,13,16,18,21,26H,3-4,7-8,10-12H2,1-2H3/t16?,18?,21-,22+/m0/s1. The number of benzene rings is 1. The average molecular weight is 462 g/mol. The van der Waals surface area contributed by atoms with Crippen LogP contribution in [0.15, 0.2) is 22.7 Å². The largest absolute Gasteiger partial charge is 0.483 e. The van der Waals surface area contributed by atoms with Crippen molar-refractivity contribution < 1.29 is 19.3 Å². The van der Waals surface area contributed by atoms with Crippen LogP contribution in [0.25, 0.3) is 0 Å². The summed E-state index contributed by atoms with van der Waals surface area (Å²) in [5, 5.41) is 10.1. The van der Waals surface area contributed by atoms with Crippen LogP contribution in [-0.2, 0) is 27.9 Å². The number of aliphatic hydroxyl groups excluding tert-OH is 1. The molecule has 2 aliphatic heterocycles. The van der Waals surface area contributed by atoms with Crippen molar-refractivity contribution in [2.75, 3.05) is 27.3 Å². The molecular formula is C23H28BrNO4. The van der Waals surface area contributed by atoms with Gasteiger partial charge in [-0.05, 0) is 55.9 Å². The molecule has 0 amide bonds. The zero-order chi connectivity index (χ0) is 20.0. The van der Waals surface area contributed by atoms with E-state index in [0.717, 1.165) is 41.1 Å². The number of hydrogen-bond donors (Lipinski definition) is 1. The molecular weight excluding hydrogens is 434 g/mol. The number of ether oxygens (including phenoxy) is 3. The summed E-state index contributed by atoms with van der Waals surface area (Å²) in [6, 6.07) is 2.51. The van der Waals surface area contributed by atoms with Gasteiger partial charge in [0.15, 0.2) is 6.10 Å². The Balaban J connectivity index is 1.58. The van der Waals surface area contributed by atoms with Crippen molar-refractivity contribution in [1.82, 2.24) is 4.90 Å². The summed E-state index contributed by atoms with van der Waals surface area (Å²) < 4.78 is 19.7. The van der Waals surface area contributed by atoms with Crippen molar-refractivity contribution in [3.63, 3.8) is 0 Å². The summed E-state index contributed by atoms with van der Waals surface area (Å²) in [6.07, 6.45) is 8.96. The predicted octanol–water partition coefficient (Wildman–Crippen LogP) is 3.16. The van der Waals surface area contributed by atoms with Gasteiger partial charge >= 0.3 is 0 Å². The minimum atomic E-state index is -0.910. The van der Waals surface area contributed by atoms with Gasteiger partial charge < -0.3 is 19.3 Å². The molecule has 2 bridgehead atoms. The van der Waals surface area contributed by atoms with E-state index in [1.54, 1.807) is 14.2 Å². The van der Waals surface area contributed by atoms with E-state index in [2.05, 4.69) is 33.0 Å². The number of methoxy groups -OCH3 is 2. The smallest absolute Gasteiger partial charge is 0.226 e. The van der Waals surface area contributed by atoms with E-state index >= 15 is 0 Å². The molecule has 0 radical (unpaired) electrons. The van der Waals surface area contributed by atoms with Gasteiger partial charge in [0.1, 0.15) is 5.75 Å². The van der Waals surface area contributed by atoms with Crippen LogP contribution in [0, 0.1) is 11.8 Å². The molecule has 6 rings (SSSR count). The molecule has 1 saturated carbocycles. The van der Waals surface area contributed by atoms with Crippen LogP contribution in [0.5, 0.6) is 5.75 Å². The van der Waals surface area contributed by atoms with Crippen molar-refractivity contribution >= 4 is 15.9 Å². The molecule has 1 spiro atoms. The molecule has 6 heteroatoms. The van der Waals surface area contributed by atoms with Gasteiger partial charge in [0.25, 0.3) is 0 Å². The van der Waals surface area contributed by atoms with Gasteiger partial charge in [0.2, 0.25) is 5.79 Å². The number of nitrogens with zero attached hydrogens (tertiary/aromatic N) is 1. The van der Waals surface area contributed by atoms with Crippen LogP contribution < -0.4 is 4.74 Å². The topological polar surface area (TPSA) is 51.2 Å². The quantitative estimate of drug-likeness (QED) is 0.539. The Hall–Kier alpha value is -0.920. The second kappa shape index (κ2) is 6.30. The first-order chi connectivity index (χ1) is 14.1. The Labute approximate surface area is 180 Å². The molecule has 1 aromatic carbocycles. The zero-order valence-electron chi connectivity index (χ0n) is 17.0. The van der Waals surface area contributed by atoms with Crippen molar-refractivity contribution in [2.45, 2.75) is 55.6 Å². The molecule has 1 saturated heterocycles. The Bertz CT molecular complexity index is 893. The van der Waals surface area contributed by atoms with E-state index in [-0.39, 0.29) is 18.1 Å². The molecule has 4 atom stereocenters. The maximum atomic E-state index is 10.1. The first-order valence-electron chi connectivity index (χ1n) is 10.7. The van der Waals surface area contributed by atoms with E-state index < -0.39 is 5.79 Å². The van der Waals surface area contributed by atoms with E-state index in [1.165, 1.54) is 30.5 Å². The first-order valence-corrected chi connectivity index (χ1v) is 11.5. The van der Waals surface area contributed by atoms with E-state index in [4.69, 9.17) is 14.2 Å². The molecule has 3 aliphatic carbocycles. The van der Waals surface area contributed by atoms with Crippen molar-refractivity contribution in [1.29, 1.82) is 0 Å². The van der Waals surface area contributed by atoms with Crippen molar-refractivity contribution in [3.8, 4) is 5.75 Å². The van der Waals surface area contributed by atoms with Crippen LogP contribution >= 0.6 is 15.9 Å². The van der Waals surface area contributed by atoms with Gasteiger partial charge in [0.05, 0.1) is 12.0 Å². The minimum absolute atomic E-state index is 0.0354. The molecule has 5 aliphatic rings. The highest BCUT2D eigenvalue weighted by Gasteiger charge is 2.69. The van der Waals surface area contributed by atoms with Crippen LogP contribution in [0.3, 0.4) is 0 Å². The lowest BCUT2D eigenvalue weighted by atomic mass is 9.52. The summed E-state index contributed by atoms with van der Waals surface area (Å²) in [6.45, 7) is 2.26. The van der Waals surface area contributed by atoms with Gasteiger partial charge in [-0.3, -0.25) is 4.90 Å². The molecule has 5 nitrogen and oxygen atoms in total. The number of aliphatic hydroxyl groups is 1. The summed E-state index contributed by atoms with van der Waals surface area (Å²) in [5.41, 5.74) is 3.30. The fourth-order valence-corrected chi connectivity index (χ4v) is 7.31. The van der Waals surface area contributed by atoms with Gasteiger partial charge in [-0.25, -0.2) is 0 Å². The number of halogens is 1. The van der Waals surface area contributed by atoms with Gasteiger partial charge in [-0.1, -0.05) is 22.0 Å². The van der Waals surface area contributed by atoms with Gasteiger partial charge in [-0.2, -0.15) is 0 Å². The van der Waals surface area contributed by atoms with Crippen LogP contribution in [-0.4, -0.2) is 55.2 Å². The normalized spacial score (nSPS) is 36.1. The van der Waals surface area contributed by atoms with Crippen LogP contribution in [0.4, 0.5) is 0 Å². The molecule has 2 heterocycles. The fraction of sp³-hybridized carbons (Fsp3) is 0.652. The predicted molar refractivity (Wildman–Crippen MR) is 112 cm³/mol. The number of likely N-dealkylation sites (tertiary alicyclic amines) is 1. The monoisotopic (exact) mass is 461 g/mol. The Morgan fingerprint density at radius 1 is 1.31 bits per heavy atom. The maximum absolute atomic E-state index is 10.1. The molecule has 156 valence electrons. The Morgan fingerprint density at radius 3 is 2.79 bits per heavy atom. The highest BCUT2D eigenvalue weighted by Crippen LogP contribution is 2.64. The van der Waals surface area contributed by atoms with Crippen LogP contribution in [0.2, 0.25) is 0 Å². The van der Waals surface area contributed by atoms with Gasteiger partial charge in [0, 0.05) is 48.3 Å². The number of piperidine rings is 1. The highest BCUT2D eigenvalue weighted by atomic mass is 79.9. The highest BCUT2D eigenvalue weighted by molar-refractivity contribution is 9.10. The summed E-state index contributed by atoms with van der Waals surface area (Å²) in [5.74, 6) is 1.19. The lowest BCUT2D eigenvalue weighted by molar-refractivity contribution is -0.244. The summed E-state index contributed by atoms with van der Waals surface area (Å²) in [7, 11) is 3.40. The molecule has 2 fully saturated rings. The molecule has 0 aromatic heterocycles. The second-order valence-electron chi connectivity index (χ2n) is 9.37. The Kier molecular flexibility index (Phi) is 4.09. The third-order valence-electron chi connectivity index (χ3n) is 8.18. The van der Waals surface area contributed by atoms with Gasteiger partial charge in [-0.15, -0.1) is 0 Å². The summed E-state index contributed by atoms with van der Waals surface area (Å²) >= 11 is 3.83. The third-order valence-corrected chi connectivity index (χ3v) is 8.89. The zero-order valence-corrected chi connectivity index (χ0v) is 18.6.